The van der Waals surface area contributed by atoms with Crippen molar-refractivity contribution in [1.82, 2.24) is 0 Å². The van der Waals surface area contributed by atoms with E-state index in [1.54, 1.807) is 48.5 Å². The number of rotatable bonds is 3. The molecule has 0 aromatic heterocycles. The molecule has 18 heavy (non-hydrogen) atoms. The van der Waals surface area contributed by atoms with Gasteiger partial charge in [-0.1, -0.05) is 54.1 Å². The molecule has 0 bridgehead atoms. The molecule has 4 heteroatoms. The molecule has 0 fully saturated rings. The minimum absolute atomic E-state index is 0.323. The van der Waals surface area contributed by atoms with Gasteiger partial charge in [0.05, 0.1) is 0 Å². The third-order valence-corrected chi connectivity index (χ3v) is 3.10. The zero-order valence-electron chi connectivity index (χ0n) is 9.60. The number of halogens is 1. The zero-order chi connectivity index (χ0) is 13.2. The number of hydrogen-bond acceptors (Lipinski definition) is 2. The third-order valence-electron chi connectivity index (χ3n) is 2.84. The van der Waals surface area contributed by atoms with Crippen LogP contribution in [0.25, 0.3) is 0 Å². The van der Waals surface area contributed by atoms with Gasteiger partial charge < -0.3 is 10.8 Å². The van der Waals surface area contributed by atoms with Crippen LogP contribution in [0, 0.1) is 5.41 Å². The maximum absolute atomic E-state index is 10.7. The highest BCUT2D eigenvalue weighted by atomic mass is 35.5. The van der Waals surface area contributed by atoms with Gasteiger partial charge in [0.2, 0.25) is 0 Å². The quantitative estimate of drug-likeness (QED) is 0.586. The van der Waals surface area contributed by atoms with E-state index in [-0.39, 0.29) is 5.84 Å². The summed E-state index contributed by atoms with van der Waals surface area (Å²) in [6, 6.07) is 15.5. The summed E-state index contributed by atoms with van der Waals surface area (Å²) in [5.41, 5.74) is 5.03. The molecule has 0 saturated heterocycles. The molecule has 0 spiro atoms. The van der Waals surface area contributed by atoms with Gasteiger partial charge in [-0.3, -0.25) is 5.41 Å². The average Bonchev–Trinajstić information content (AvgIpc) is 2.39. The lowest BCUT2D eigenvalue weighted by atomic mass is 9.85. The predicted octanol–water partition coefficient (Wildman–Crippen LogP) is 2.51. The Labute approximate surface area is 110 Å². The van der Waals surface area contributed by atoms with Gasteiger partial charge in [-0.15, -0.1) is 0 Å². The van der Waals surface area contributed by atoms with E-state index in [4.69, 9.17) is 22.7 Å². The standard InChI is InChI=1S/C14H13ClN2O/c15-12-8-6-11(7-9-12)14(18,13(16)17)10-4-2-1-3-5-10/h1-9,18H,(H3,16,17). The van der Waals surface area contributed by atoms with Crippen LogP contribution in [0.4, 0.5) is 0 Å². The van der Waals surface area contributed by atoms with Crippen molar-refractivity contribution in [2.45, 2.75) is 5.60 Å². The largest absolute Gasteiger partial charge is 0.385 e. The summed E-state index contributed by atoms with van der Waals surface area (Å²) in [5.74, 6) is -0.323. The van der Waals surface area contributed by atoms with Crippen molar-refractivity contribution in [3.05, 3.63) is 70.7 Å². The van der Waals surface area contributed by atoms with Gasteiger partial charge in [0.1, 0.15) is 5.84 Å². The Morgan fingerprint density at radius 2 is 1.50 bits per heavy atom. The van der Waals surface area contributed by atoms with Crippen molar-refractivity contribution in [2.24, 2.45) is 5.73 Å². The van der Waals surface area contributed by atoms with Crippen LogP contribution in [0.2, 0.25) is 5.02 Å². The summed E-state index contributed by atoms with van der Waals surface area (Å²) in [5, 5.41) is 19.0. The van der Waals surface area contributed by atoms with Gasteiger partial charge in [0, 0.05) is 5.02 Å². The molecule has 2 aromatic carbocycles. The molecule has 0 aliphatic carbocycles. The highest BCUT2D eigenvalue weighted by molar-refractivity contribution is 6.30. The number of nitrogens with one attached hydrogen (secondary N) is 1. The van der Waals surface area contributed by atoms with Crippen LogP contribution in [-0.4, -0.2) is 10.9 Å². The van der Waals surface area contributed by atoms with Gasteiger partial charge in [-0.05, 0) is 23.3 Å². The van der Waals surface area contributed by atoms with E-state index in [0.717, 1.165) is 0 Å². The highest BCUT2D eigenvalue weighted by Crippen LogP contribution is 2.30. The molecule has 1 atom stereocenters. The monoisotopic (exact) mass is 260 g/mol. The summed E-state index contributed by atoms with van der Waals surface area (Å²) in [6.07, 6.45) is 0. The van der Waals surface area contributed by atoms with Crippen molar-refractivity contribution in [2.75, 3.05) is 0 Å². The third kappa shape index (κ3) is 2.10. The highest BCUT2D eigenvalue weighted by Gasteiger charge is 2.34. The van der Waals surface area contributed by atoms with Crippen LogP contribution in [-0.2, 0) is 5.60 Å². The zero-order valence-corrected chi connectivity index (χ0v) is 10.4. The topological polar surface area (TPSA) is 70.1 Å². The molecule has 0 amide bonds. The van der Waals surface area contributed by atoms with Crippen LogP contribution < -0.4 is 5.73 Å². The van der Waals surface area contributed by atoms with E-state index >= 15 is 0 Å². The Bertz CT molecular complexity index is 554. The van der Waals surface area contributed by atoms with Crippen molar-refractivity contribution < 1.29 is 5.11 Å². The number of hydrogen-bond donors (Lipinski definition) is 3. The molecule has 0 radical (unpaired) electrons. The second-order valence-electron chi connectivity index (χ2n) is 4.00. The maximum Gasteiger partial charge on any atom is 0.171 e. The number of nitrogens with two attached hydrogens (primary N) is 1. The van der Waals surface area contributed by atoms with Crippen molar-refractivity contribution in [3.63, 3.8) is 0 Å². The van der Waals surface area contributed by atoms with Crippen LogP contribution in [0.5, 0.6) is 0 Å². The van der Waals surface area contributed by atoms with Gasteiger partial charge in [-0.25, -0.2) is 0 Å². The van der Waals surface area contributed by atoms with Crippen LogP contribution in [0.1, 0.15) is 11.1 Å². The van der Waals surface area contributed by atoms with Gasteiger partial charge in [-0.2, -0.15) is 0 Å². The van der Waals surface area contributed by atoms with Crippen LogP contribution in [0.3, 0.4) is 0 Å². The van der Waals surface area contributed by atoms with E-state index in [9.17, 15) is 5.11 Å². The van der Waals surface area contributed by atoms with Gasteiger partial charge in [0.15, 0.2) is 5.60 Å². The number of amidine groups is 1. The first-order chi connectivity index (χ1) is 8.55. The van der Waals surface area contributed by atoms with Crippen molar-refractivity contribution in [1.29, 1.82) is 5.41 Å². The Hall–Kier alpha value is -1.84. The van der Waals surface area contributed by atoms with E-state index in [1.807, 2.05) is 6.07 Å². The smallest absolute Gasteiger partial charge is 0.171 e. The van der Waals surface area contributed by atoms with Crippen LogP contribution >= 0.6 is 11.6 Å². The summed E-state index contributed by atoms with van der Waals surface area (Å²) in [7, 11) is 0. The molecule has 0 saturated carbocycles. The van der Waals surface area contributed by atoms with Crippen molar-refractivity contribution in [3.8, 4) is 0 Å². The molecule has 4 N–H and O–H groups in total. The fourth-order valence-electron chi connectivity index (χ4n) is 1.85. The summed E-state index contributed by atoms with van der Waals surface area (Å²) in [6.45, 7) is 0. The number of aliphatic hydroxyl groups is 1. The van der Waals surface area contributed by atoms with Crippen molar-refractivity contribution >= 4 is 17.4 Å². The first-order valence-electron chi connectivity index (χ1n) is 5.43. The molecule has 0 aliphatic rings. The fourth-order valence-corrected chi connectivity index (χ4v) is 1.97. The fraction of sp³-hybridized carbons (Fsp3) is 0.0714. The van der Waals surface area contributed by atoms with Crippen LogP contribution in [0.15, 0.2) is 54.6 Å². The minimum Gasteiger partial charge on any atom is -0.385 e. The van der Waals surface area contributed by atoms with E-state index < -0.39 is 5.60 Å². The van der Waals surface area contributed by atoms with E-state index in [0.29, 0.717) is 16.1 Å². The summed E-state index contributed by atoms with van der Waals surface area (Å²) < 4.78 is 0. The molecule has 92 valence electrons. The lowest BCUT2D eigenvalue weighted by molar-refractivity contribution is 0.153. The molecule has 2 aromatic rings. The first-order valence-corrected chi connectivity index (χ1v) is 5.81. The Morgan fingerprint density at radius 1 is 1.00 bits per heavy atom. The lowest BCUT2D eigenvalue weighted by Crippen LogP contribution is -2.41. The minimum atomic E-state index is -1.62. The molecule has 3 nitrogen and oxygen atoms in total. The Morgan fingerprint density at radius 3 is 2.00 bits per heavy atom. The summed E-state index contributed by atoms with van der Waals surface area (Å²) >= 11 is 5.82. The van der Waals surface area contributed by atoms with Gasteiger partial charge >= 0.3 is 0 Å². The molecular formula is C14H13ClN2O. The second-order valence-corrected chi connectivity index (χ2v) is 4.43. The Kier molecular flexibility index (Phi) is 3.36. The molecule has 2 rings (SSSR count). The first kappa shape index (κ1) is 12.6. The Balaban J connectivity index is 2.58. The molecule has 0 heterocycles. The molecular weight excluding hydrogens is 248 g/mol. The maximum atomic E-state index is 10.7. The normalized spacial score (nSPS) is 13.9. The van der Waals surface area contributed by atoms with E-state index in [2.05, 4.69) is 0 Å². The molecule has 1 unspecified atom stereocenters. The SMILES string of the molecule is N=C(N)C(O)(c1ccccc1)c1ccc(Cl)cc1. The average molecular weight is 261 g/mol. The van der Waals surface area contributed by atoms with E-state index in [1.165, 1.54) is 0 Å². The molecule has 0 aliphatic heterocycles. The predicted molar refractivity (Wildman–Crippen MR) is 72.8 cm³/mol. The summed E-state index contributed by atoms with van der Waals surface area (Å²) in [4.78, 5) is 0. The lowest BCUT2D eigenvalue weighted by Gasteiger charge is -2.27. The second kappa shape index (κ2) is 4.80. The number of benzene rings is 2. The van der Waals surface area contributed by atoms with Gasteiger partial charge in [0.25, 0.3) is 0 Å².